The van der Waals surface area contributed by atoms with Crippen LogP contribution in [0, 0.1) is 0 Å². The van der Waals surface area contributed by atoms with Gasteiger partial charge in [-0.25, -0.2) is 0 Å². The van der Waals surface area contributed by atoms with Gasteiger partial charge in [-0.3, -0.25) is 4.79 Å². The van der Waals surface area contributed by atoms with E-state index in [1.165, 1.54) is 32.4 Å². The number of carbonyl (C=O) groups excluding carboxylic acids is 1. The Balaban J connectivity index is 1.43. The van der Waals surface area contributed by atoms with Gasteiger partial charge in [-0.2, -0.15) is 0 Å². The zero-order chi connectivity index (χ0) is 15.9. The molecule has 0 unspecified atom stereocenters. The highest BCUT2D eigenvalue weighted by atomic mass is 16.7. The second-order valence-corrected chi connectivity index (χ2v) is 6.21. The summed E-state index contributed by atoms with van der Waals surface area (Å²) < 4.78 is 11.0. The van der Waals surface area contributed by atoms with Gasteiger partial charge in [0, 0.05) is 17.7 Å². The fourth-order valence-corrected chi connectivity index (χ4v) is 3.17. The van der Waals surface area contributed by atoms with Crippen molar-refractivity contribution < 1.29 is 14.3 Å². The van der Waals surface area contributed by atoms with Crippen LogP contribution < -0.4 is 5.32 Å². The predicted molar refractivity (Wildman–Crippen MR) is 88.3 cm³/mol. The topological polar surface area (TPSA) is 50.8 Å². The van der Waals surface area contributed by atoms with E-state index in [1.807, 2.05) is 24.3 Å². The van der Waals surface area contributed by atoms with Crippen molar-refractivity contribution in [2.24, 2.45) is 0 Å². The van der Waals surface area contributed by atoms with Gasteiger partial charge in [-0.1, -0.05) is 18.6 Å². The second kappa shape index (κ2) is 8.43. The largest absolute Gasteiger partial charge is 0.352 e. The van der Waals surface area contributed by atoms with E-state index in [0.29, 0.717) is 18.8 Å². The maximum atomic E-state index is 12.3. The van der Waals surface area contributed by atoms with E-state index >= 15 is 0 Å². The van der Waals surface area contributed by atoms with Crippen LogP contribution in [0.2, 0.25) is 0 Å². The number of likely N-dealkylation sites (tertiary alicyclic amines) is 1. The highest BCUT2D eigenvalue weighted by Crippen LogP contribution is 2.23. The number of hydrogen-bond acceptors (Lipinski definition) is 4. The van der Waals surface area contributed by atoms with Crippen LogP contribution in [0.4, 0.5) is 0 Å². The molecule has 2 saturated heterocycles. The molecule has 0 atom stereocenters. The fourth-order valence-electron chi connectivity index (χ4n) is 3.17. The van der Waals surface area contributed by atoms with Crippen LogP contribution in [0.5, 0.6) is 0 Å². The lowest BCUT2D eigenvalue weighted by Crippen LogP contribution is -2.33. The standard InChI is InChI=1S/C18H26N2O3/c21-17(19-8-5-11-20-9-2-1-3-10-20)15-6-4-7-16(14-15)18-22-12-13-23-18/h4,6-7,14,18H,1-3,5,8-13H2,(H,19,21). The van der Waals surface area contributed by atoms with E-state index in [9.17, 15) is 4.79 Å². The smallest absolute Gasteiger partial charge is 0.251 e. The van der Waals surface area contributed by atoms with Crippen LogP contribution in [0.1, 0.15) is 47.9 Å². The molecule has 2 aliphatic heterocycles. The summed E-state index contributed by atoms with van der Waals surface area (Å²) in [5, 5.41) is 3.01. The summed E-state index contributed by atoms with van der Waals surface area (Å²) >= 11 is 0. The quantitative estimate of drug-likeness (QED) is 0.818. The average molecular weight is 318 g/mol. The first-order chi connectivity index (χ1) is 11.3. The summed E-state index contributed by atoms with van der Waals surface area (Å²) in [5.41, 5.74) is 1.57. The third-order valence-corrected chi connectivity index (χ3v) is 4.43. The van der Waals surface area contributed by atoms with E-state index in [4.69, 9.17) is 9.47 Å². The molecule has 0 radical (unpaired) electrons. The molecule has 3 rings (SSSR count). The number of piperidine rings is 1. The zero-order valence-corrected chi connectivity index (χ0v) is 13.6. The number of ether oxygens (including phenoxy) is 2. The lowest BCUT2D eigenvalue weighted by molar-refractivity contribution is -0.0441. The Morgan fingerprint density at radius 1 is 1.17 bits per heavy atom. The third kappa shape index (κ3) is 4.77. The van der Waals surface area contributed by atoms with Crippen molar-refractivity contribution in [3.8, 4) is 0 Å². The molecule has 2 fully saturated rings. The van der Waals surface area contributed by atoms with E-state index in [1.54, 1.807) is 0 Å². The fraction of sp³-hybridized carbons (Fsp3) is 0.611. The minimum absolute atomic E-state index is 0.0245. The van der Waals surface area contributed by atoms with Crippen LogP contribution in [0.15, 0.2) is 24.3 Å². The van der Waals surface area contributed by atoms with E-state index in [2.05, 4.69) is 10.2 Å². The van der Waals surface area contributed by atoms with Crippen molar-refractivity contribution >= 4 is 5.91 Å². The van der Waals surface area contributed by atoms with Crippen molar-refractivity contribution in [2.75, 3.05) is 39.4 Å². The lowest BCUT2D eigenvalue weighted by atomic mass is 10.1. The predicted octanol–water partition coefficient (Wildman–Crippen LogP) is 2.34. The number of carbonyl (C=O) groups is 1. The number of nitrogens with one attached hydrogen (secondary N) is 1. The van der Waals surface area contributed by atoms with Crippen molar-refractivity contribution in [2.45, 2.75) is 32.0 Å². The molecule has 2 heterocycles. The average Bonchev–Trinajstić information content (AvgIpc) is 3.14. The molecule has 5 heteroatoms. The van der Waals surface area contributed by atoms with Gasteiger partial charge in [-0.15, -0.1) is 0 Å². The molecule has 1 aromatic rings. The van der Waals surface area contributed by atoms with Gasteiger partial charge in [-0.05, 0) is 51.0 Å². The summed E-state index contributed by atoms with van der Waals surface area (Å²) in [7, 11) is 0. The number of rotatable bonds is 6. The van der Waals surface area contributed by atoms with Gasteiger partial charge >= 0.3 is 0 Å². The maximum absolute atomic E-state index is 12.3. The van der Waals surface area contributed by atoms with E-state index < -0.39 is 0 Å². The Hall–Kier alpha value is -1.43. The lowest BCUT2D eigenvalue weighted by Gasteiger charge is -2.26. The van der Waals surface area contributed by atoms with Crippen molar-refractivity contribution in [1.29, 1.82) is 0 Å². The van der Waals surface area contributed by atoms with Crippen LogP contribution in [-0.2, 0) is 9.47 Å². The Morgan fingerprint density at radius 2 is 1.96 bits per heavy atom. The SMILES string of the molecule is O=C(NCCCN1CCCCC1)c1cccc(C2OCCO2)c1. The molecule has 0 spiro atoms. The summed E-state index contributed by atoms with van der Waals surface area (Å²) in [6, 6.07) is 7.50. The molecule has 2 aliphatic rings. The number of benzene rings is 1. The first kappa shape index (κ1) is 16.4. The first-order valence-corrected chi connectivity index (χ1v) is 8.67. The first-order valence-electron chi connectivity index (χ1n) is 8.67. The number of nitrogens with zero attached hydrogens (tertiary/aromatic N) is 1. The number of amides is 1. The van der Waals surface area contributed by atoms with Gasteiger partial charge < -0.3 is 19.7 Å². The maximum Gasteiger partial charge on any atom is 0.251 e. The van der Waals surface area contributed by atoms with Crippen molar-refractivity contribution in [3.05, 3.63) is 35.4 Å². The molecule has 126 valence electrons. The molecule has 1 N–H and O–H groups in total. The zero-order valence-electron chi connectivity index (χ0n) is 13.6. The molecule has 0 aromatic heterocycles. The van der Waals surface area contributed by atoms with Crippen LogP contribution in [-0.4, -0.2) is 50.2 Å². The normalized spacial score (nSPS) is 19.8. The van der Waals surface area contributed by atoms with Gasteiger partial charge in [0.05, 0.1) is 13.2 Å². The minimum atomic E-state index is -0.332. The minimum Gasteiger partial charge on any atom is -0.352 e. The molecular weight excluding hydrogens is 292 g/mol. The van der Waals surface area contributed by atoms with Crippen molar-refractivity contribution in [1.82, 2.24) is 10.2 Å². The molecule has 1 aromatic carbocycles. The molecule has 5 nitrogen and oxygen atoms in total. The highest BCUT2D eigenvalue weighted by molar-refractivity contribution is 5.94. The summed E-state index contributed by atoms with van der Waals surface area (Å²) in [5.74, 6) is -0.0245. The van der Waals surface area contributed by atoms with Crippen LogP contribution in [0.25, 0.3) is 0 Å². The Morgan fingerprint density at radius 3 is 2.74 bits per heavy atom. The third-order valence-electron chi connectivity index (χ3n) is 4.43. The highest BCUT2D eigenvalue weighted by Gasteiger charge is 2.19. The van der Waals surface area contributed by atoms with Gasteiger partial charge in [0.25, 0.3) is 5.91 Å². The van der Waals surface area contributed by atoms with E-state index in [0.717, 1.165) is 25.1 Å². The molecule has 0 bridgehead atoms. The summed E-state index contributed by atoms with van der Waals surface area (Å²) in [6.07, 6.45) is 4.65. The Labute approximate surface area is 137 Å². The summed E-state index contributed by atoms with van der Waals surface area (Å²) in [4.78, 5) is 14.7. The molecule has 0 aliphatic carbocycles. The van der Waals surface area contributed by atoms with E-state index in [-0.39, 0.29) is 12.2 Å². The van der Waals surface area contributed by atoms with Gasteiger partial charge in [0.15, 0.2) is 6.29 Å². The Bertz CT molecular complexity index is 509. The molecular formula is C18H26N2O3. The van der Waals surface area contributed by atoms with Gasteiger partial charge in [0.2, 0.25) is 0 Å². The second-order valence-electron chi connectivity index (χ2n) is 6.21. The van der Waals surface area contributed by atoms with Crippen LogP contribution >= 0.6 is 0 Å². The molecule has 23 heavy (non-hydrogen) atoms. The molecule has 0 saturated carbocycles. The molecule has 1 amide bonds. The summed E-state index contributed by atoms with van der Waals surface area (Å²) in [6.45, 7) is 5.42. The van der Waals surface area contributed by atoms with Crippen molar-refractivity contribution in [3.63, 3.8) is 0 Å². The monoisotopic (exact) mass is 318 g/mol. The van der Waals surface area contributed by atoms with Gasteiger partial charge in [0.1, 0.15) is 0 Å². The Kier molecular flexibility index (Phi) is 6.02. The van der Waals surface area contributed by atoms with Crippen LogP contribution in [0.3, 0.4) is 0 Å². The number of hydrogen-bond donors (Lipinski definition) is 1.